The largest absolute Gasteiger partial charge is 0.316 e. The summed E-state index contributed by atoms with van der Waals surface area (Å²) >= 11 is 0. The van der Waals surface area contributed by atoms with E-state index in [4.69, 9.17) is 0 Å². The van der Waals surface area contributed by atoms with Gasteiger partial charge in [-0.3, -0.25) is 14.4 Å². The van der Waals surface area contributed by atoms with Gasteiger partial charge in [0.15, 0.2) is 5.78 Å². The van der Waals surface area contributed by atoms with E-state index in [2.05, 4.69) is 9.71 Å². The summed E-state index contributed by atoms with van der Waals surface area (Å²) in [5.41, 5.74) is -0.258. The van der Waals surface area contributed by atoms with Gasteiger partial charge in [-0.1, -0.05) is 24.3 Å². The fraction of sp³-hybridized carbons (Fsp3) is 0.167. The van der Waals surface area contributed by atoms with Gasteiger partial charge in [0.05, 0.1) is 15.9 Å². The molecule has 0 bridgehead atoms. The Morgan fingerprint density at radius 1 is 1.11 bits per heavy atom. The van der Waals surface area contributed by atoms with Crippen molar-refractivity contribution in [3.63, 3.8) is 0 Å². The molecule has 0 atom stereocenters. The van der Waals surface area contributed by atoms with Crippen LogP contribution in [-0.4, -0.2) is 30.3 Å². The van der Waals surface area contributed by atoms with Crippen molar-refractivity contribution >= 4 is 26.8 Å². The zero-order chi connectivity index (χ0) is 19.6. The highest BCUT2D eigenvalue weighted by atomic mass is 32.2. The molecule has 3 aromatic rings. The fourth-order valence-electron chi connectivity index (χ4n) is 2.70. The minimum atomic E-state index is -3.87. The number of carbonyl (C=O) groups is 1. The second kappa shape index (κ2) is 7.29. The fourth-order valence-corrected chi connectivity index (χ4v) is 3.77. The number of aromatic nitrogens is 2. The van der Waals surface area contributed by atoms with E-state index in [1.54, 1.807) is 24.3 Å². The average Bonchev–Trinajstić information content (AvgIpc) is 2.65. The van der Waals surface area contributed by atoms with Crippen LogP contribution in [0.1, 0.15) is 17.3 Å². The summed E-state index contributed by atoms with van der Waals surface area (Å²) in [6, 6.07) is 12.4. The zero-order valence-electron chi connectivity index (χ0n) is 14.4. The van der Waals surface area contributed by atoms with E-state index < -0.39 is 21.1 Å². The Morgan fingerprint density at radius 3 is 2.59 bits per heavy atom. The summed E-state index contributed by atoms with van der Waals surface area (Å²) in [4.78, 5) is 37.8. The maximum atomic E-state index is 12.4. The van der Waals surface area contributed by atoms with E-state index in [9.17, 15) is 22.8 Å². The number of para-hydroxylation sites is 2. The molecule has 0 aliphatic rings. The summed E-state index contributed by atoms with van der Waals surface area (Å²) in [7, 11) is -3.87. The number of H-pyrrole nitrogens is 1. The van der Waals surface area contributed by atoms with Crippen molar-refractivity contribution in [3.8, 4) is 0 Å². The van der Waals surface area contributed by atoms with Crippen LogP contribution in [0.4, 0.5) is 0 Å². The topological polar surface area (TPSA) is 118 Å². The number of hydrogen-bond donors (Lipinski definition) is 2. The van der Waals surface area contributed by atoms with E-state index in [1.165, 1.54) is 35.8 Å². The molecule has 0 spiro atoms. The molecular formula is C18H17N3O5S. The van der Waals surface area contributed by atoms with Gasteiger partial charge >= 0.3 is 11.1 Å². The van der Waals surface area contributed by atoms with Crippen LogP contribution in [0, 0.1) is 0 Å². The van der Waals surface area contributed by atoms with Crippen LogP contribution in [-0.2, 0) is 16.6 Å². The predicted molar refractivity (Wildman–Crippen MR) is 100 cm³/mol. The second-order valence-corrected chi connectivity index (χ2v) is 7.68. The number of nitrogens with zero attached hydrogens (tertiary/aromatic N) is 1. The van der Waals surface area contributed by atoms with Crippen LogP contribution < -0.4 is 15.8 Å². The van der Waals surface area contributed by atoms with Crippen LogP contribution in [0.15, 0.2) is 63.0 Å². The molecule has 1 aromatic heterocycles. The highest BCUT2D eigenvalue weighted by molar-refractivity contribution is 7.89. The lowest BCUT2D eigenvalue weighted by atomic mass is 10.2. The molecular weight excluding hydrogens is 370 g/mol. The van der Waals surface area contributed by atoms with Gasteiger partial charge in [0.1, 0.15) is 0 Å². The molecule has 9 heteroatoms. The molecule has 2 aromatic carbocycles. The molecule has 1 heterocycles. The number of nitrogens with one attached hydrogen (secondary N) is 2. The first kappa shape index (κ1) is 18.7. The Hall–Kier alpha value is -3.04. The molecule has 27 heavy (non-hydrogen) atoms. The monoisotopic (exact) mass is 387 g/mol. The average molecular weight is 387 g/mol. The van der Waals surface area contributed by atoms with Gasteiger partial charge in [-0.05, 0) is 31.2 Å². The van der Waals surface area contributed by atoms with E-state index in [0.29, 0.717) is 11.0 Å². The molecule has 0 aliphatic carbocycles. The SMILES string of the molecule is CC(=O)c1cccc(S(=O)(=O)NCCn2c(=O)c(=O)[nH]c3ccccc32)c1. The van der Waals surface area contributed by atoms with Gasteiger partial charge in [-0.25, -0.2) is 13.1 Å². The smallest absolute Gasteiger partial charge is 0.316 e. The maximum Gasteiger partial charge on any atom is 0.316 e. The molecule has 3 rings (SSSR count). The molecule has 0 radical (unpaired) electrons. The Bertz CT molecular complexity index is 1240. The number of fused-ring (bicyclic) bond motifs is 1. The summed E-state index contributed by atoms with van der Waals surface area (Å²) in [5, 5.41) is 0. The molecule has 140 valence electrons. The maximum absolute atomic E-state index is 12.4. The first-order chi connectivity index (χ1) is 12.8. The van der Waals surface area contributed by atoms with Crippen LogP contribution in [0.25, 0.3) is 11.0 Å². The van der Waals surface area contributed by atoms with Gasteiger partial charge in [0.2, 0.25) is 10.0 Å². The number of ketones is 1. The molecule has 0 saturated carbocycles. The molecule has 0 aliphatic heterocycles. The minimum absolute atomic E-state index is 0.0190. The zero-order valence-corrected chi connectivity index (χ0v) is 15.2. The lowest BCUT2D eigenvalue weighted by Gasteiger charge is -2.11. The first-order valence-electron chi connectivity index (χ1n) is 8.12. The number of carbonyl (C=O) groups excluding carboxylic acids is 1. The van der Waals surface area contributed by atoms with Crippen molar-refractivity contribution in [1.82, 2.24) is 14.3 Å². The summed E-state index contributed by atoms with van der Waals surface area (Å²) < 4.78 is 28.5. The summed E-state index contributed by atoms with van der Waals surface area (Å²) in [6.45, 7) is 1.23. The Balaban J connectivity index is 1.84. The van der Waals surface area contributed by atoms with Crippen LogP contribution in [0.3, 0.4) is 0 Å². The Morgan fingerprint density at radius 2 is 1.85 bits per heavy atom. The van der Waals surface area contributed by atoms with Crippen molar-refractivity contribution in [3.05, 3.63) is 74.8 Å². The van der Waals surface area contributed by atoms with Crippen molar-refractivity contribution in [2.24, 2.45) is 0 Å². The van der Waals surface area contributed by atoms with Crippen molar-refractivity contribution in [2.75, 3.05) is 6.54 Å². The van der Waals surface area contributed by atoms with Crippen LogP contribution >= 0.6 is 0 Å². The van der Waals surface area contributed by atoms with E-state index in [0.717, 1.165) is 0 Å². The molecule has 0 fully saturated rings. The number of sulfonamides is 1. The van der Waals surface area contributed by atoms with Gasteiger partial charge < -0.3 is 9.55 Å². The van der Waals surface area contributed by atoms with Gasteiger partial charge in [0, 0.05) is 18.7 Å². The molecule has 0 saturated heterocycles. The molecule has 2 N–H and O–H groups in total. The lowest BCUT2D eigenvalue weighted by Crippen LogP contribution is -2.39. The van der Waals surface area contributed by atoms with E-state index in [1.807, 2.05) is 0 Å². The van der Waals surface area contributed by atoms with E-state index in [-0.39, 0.29) is 29.3 Å². The minimum Gasteiger partial charge on any atom is -0.316 e. The van der Waals surface area contributed by atoms with Crippen molar-refractivity contribution < 1.29 is 13.2 Å². The highest BCUT2D eigenvalue weighted by Crippen LogP contribution is 2.12. The van der Waals surface area contributed by atoms with Gasteiger partial charge in [0.25, 0.3) is 0 Å². The standard InChI is InChI=1S/C18H17N3O5S/c1-12(22)13-5-4-6-14(11-13)27(25,26)19-9-10-21-16-8-3-2-7-15(16)20-17(23)18(21)24/h2-8,11,19H,9-10H2,1H3,(H,20,23). The Labute approximate surface area is 154 Å². The third kappa shape index (κ3) is 3.88. The first-order valence-corrected chi connectivity index (χ1v) is 9.60. The number of benzene rings is 2. The Kier molecular flexibility index (Phi) is 5.06. The van der Waals surface area contributed by atoms with Crippen LogP contribution in [0.5, 0.6) is 0 Å². The predicted octanol–water partition coefficient (Wildman–Crippen LogP) is 0.871. The lowest BCUT2D eigenvalue weighted by molar-refractivity contribution is 0.101. The van der Waals surface area contributed by atoms with Crippen molar-refractivity contribution in [1.29, 1.82) is 0 Å². The number of aromatic amines is 1. The molecule has 0 amide bonds. The third-order valence-corrected chi connectivity index (χ3v) is 5.52. The summed E-state index contributed by atoms with van der Waals surface area (Å²) in [5.74, 6) is -0.242. The van der Waals surface area contributed by atoms with Crippen LogP contribution in [0.2, 0.25) is 0 Å². The summed E-state index contributed by atoms with van der Waals surface area (Å²) in [6.07, 6.45) is 0. The number of rotatable bonds is 6. The second-order valence-electron chi connectivity index (χ2n) is 5.91. The molecule has 0 unspecified atom stereocenters. The van der Waals surface area contributed by atoms with E-state index >= 15 is 0 Å². The highest BCUT2D eigenvalue weighted by Gasteiger charge is 2.15. The number of Topliss-reactive ketones (excluding diaryl/α,β-unsaturated/α-hetero) is 1. The van der Waals surface area contributed by atoms with Gasteiger partial charge in [-0.2, -0.15) is 0 Å². The van der Waals surface area contributed by atoms with Gasteiger partial charge in [-0.15, -0.1) is 0 Å². The quantitative estimate of drug-likeness (QED) is 0.481. The molecule has 8 nitrogen and oxygen atoms in total. The van der Waals surface area contributed by atoms with Crippen molar-refractivity contribution in [2.45, 2.75) is 18.4 Å². The third-order valence-electron chi connectivity index (χ3n) is 4.06. The normalized spacial score (nSPS) is 11.6. The number of hydrogen-bond acceptors (Lipinski definition) is 5.